The summed E-state index contributed by atoms with van der Waals surface area (Å²) in [5.74, 6) is -0.00383. The minimum absolute atomic E-state index is 0.172. The molecule has 0 radical (unpaired) electrons. The number of benzene rings is 2. The highest BCUT2D eigenvalue weighted by atomic mass is 19.4. The Kier molecular flexibility index (Phi) is 5.63. The number of hydrogen-bond acceptors (Lipinski definition) is 6. The van der Waals surface area contributed by atoms with E-state index in [9.17, 15) is 18.0 Å². The van der Waals surface area contributed by atoms with Crippen LogP contribution in [0.1, 0.15) is 28.9 Å². The Bertz CT molecular complexity index is 1330. The number of carbonyl (C=O) groups excluding carboxylic acids is 1. The van der Waals surface area contributed by atoms with Crippen molar-refractivity contribution in [2.75, 3.05) is 5.32 Å². The third kappa shape index (κ3) is 4.95. The summed E-state index contributed by atoms with van der Waals surface area (Å²) in [6.45, 7) is 2.20. The number of urea groups is 1. The monoisotopic (exact) mass is 484 g/mol. The van der Waals surface area contributed by atoms with Crippen LogP contribution in [0.3, 0.4) is 0 Å². The molecule has 0 bridgehead atoms. The van der Waals surface area contributed by atoms with Gasteiger partial charge in [-0.25, -0.2) is 9.78 Å². The molecule has 1 unspecified atom stereocenters. The van der Waals surface area contributed by atoms with E-state index in [0.717, 1.165) is 29.1 Å². The standard InChI is InChI=1S/C23H19F3N6O3/c1-13-2-6-15(7-3-13)29-22(33)32-11-18-17(27-12-28-18)10-19(32)21-30-20(31-35-21)14-4-8-16(9-5-14)34-23(24,25)26/h2-9,12,19H,10-11H2,1H3,(H,27,28)(H,29,33). The van der Waals surface area contributed by atoms with Crippen LogP contribution in [0.5, 0.6) is 5.75 Å². The fourth-order valence-electron chi connectivity index (χ4n) is 3.80. The van der Waals surface area contributed by atoms with Crippen LogP contribution in [0, 0.1) is 6.92 Å². The van der Waals surface area contributed by atoms with Crippen molar-refractivity contribution in [1.29, 1.82) is 0 Å². The van der Waals surface area contributed by atoms with Gasteiger partial charge >= 0.3 is 12.4 Å². The molecule has 1 atom stereocenters. The Morgan fingerprint density at radius 3 is 2.63 bits per heavy atom. The van der Waals surface area contributed by atoms with Gasteiger partial charge in [0.2, 0.25) is 11.7 Å². The average molecular weight is 484 g/mol. The average Bonchev–Trinajstić information content (AvgIpc) is 3.48. The first-order chi connectivity index (χ1) is 16.7. The van der Waals surface area contributed by atoms with E-state index in [-0.39, 0.29) is 30.0 Å². The Hall–Kier alpha value is -4.35. The van der Waals surface area contributed by atoms with E-state index in [4.69, 9.17) is 4.52 Å². The van der Waals surface area contributed by atoms with Crippen molar-refractivity contribution in [2.45, 2.75) is 32.3 Å². The predicted octanol–water partition coefficient (Wildman–Crippen LogP) is 5.00. The second-order valence-corrected chi connectivity index (χ2v) is 8.00. The largest absolute Gasteiger partial charge is 0.573 e. The van der Waals surface area contributed by atoms with Gasteiger partial charge in [0, 0.05) is 17.7 Å². The molecule has 2 N–H and O–H groups in total. The van der Waals surface area contributed by atoms with Crippen LogP contribution in [0.4, 0.5) is 23.7 Å². The first-order valence-corrected chi connectivity index (χ1v) is 10.6. The summed E-state index contributed by atoms with van der Waals surface area (Å²) in [4.78, 5) is 26.5. The van der Waals surface area contributed by atoms with Crippen molar-refractivity contribution in [3.63, 3.8) is 0 Å². The van der Waals surface area contributed by atoms with E-state index < -0.39 is 12.4 Å². The molecule has 0 aliphatic carbocycles. The number of aryl methyl sites for hydroxylation is 1. The minimum atomic E-state index is -4.78. The van der Waals surface area contributed by atoms with Crippen LogP contribution in [0.25, 0.3) is 11.4 Å². The van der Waals surface area contributed by atoms with Crippen molar-refractivity contribution < 1.29 is 27.2 Å². The van der Waals surface area contributed by atoms with Crippen LogP contribution in [-0.4, -0.2) is 37.4 Å². The summed E-state index contributed by atoms with van der Waals surface area (Å²) in [5.41, 5.74) is 3.73. The number of alkyl halides is 3. The SMILES string of the molecule is Cc1ccc(NC(=O)N2Cc3[nH]cnc3CC2c2nc(-c3ccc(OC(F)(F)F)cc3)no2)cc1. The minimum Gasteiger partial charge on any atom is -0.406 e. The summed E-state index contributed by atoms with van der Waals surface area (Å²) in [6, 6.07) is 11.6. The summed E-state index contributed by atoms with van der Waals surface area (Å²) in [6.07, 6.45) is -2.87. The molecule has 1 aliphatic heterocycles. The second-order valence-electron chi connectivity index (χ2n) is 8.00. The molecule has 0 saturated heterocycles. The molecule has 0 spiro atoms. The van der Waals surface area contributed by atoms with Crippen LogP contribution < -0.4 is 10.1 Å². The maximum Gasteiger partial charge on any atom is 0.573 e. The first-order valence-electron chi connectivity index (χ1n) is 10.6. The molecule has 1 aliphatic rings. The summed E-state index contributed by atoms with van der Waals surface area (Å²) < 4.78 is 46.6. The van der Waals surface area contributed by atoms with Gasteiger partial charge in [-0.2, -0.15) is 4.98 Å². The number of carbonyl (C=O) groups is 1. The zero-order chi connectivity index (χ0) is 24.6. The van der Waals surface area contributed by atoms with E-state index >= 15 is 0 Å². The Morgan fingerprint density at radius 2 is 1.91 bits per heavy atom. The second kappa shape index (κ2) is 8.78. The number of imidazole rings is 1. The molecule has 9 nitrogen and oxygen atoms in total. The third-order valence-corrected chi connectivity index (χ3v) is 5.54. The molecule has 0 saturated carbocycles. The number of hydrogen-bond donors (Lipinski definition) is 2. The normalized spacial score (nSPS) is 15.5. The number of nitrogens with one attached hydrogen (secondary N) is 2. The lowest BCUT2D eigenvalue weighted by molar-refractivity contribution is -0.274. The fraction of sp³-hybridized carbons (Fsp3) is 0.217. The highest BCUT2D eigenvalue weighted by Gasteiger charge is 2.36. The Labute approximate surface area is 196 Å². The maximum atomic E-state index is 13.2. The van der Waals surface area contributed by atoms with Crippen LogP contribution in [0.15, 0.2) is 59.4 Å². The third-order valence-electron chi connectivity index (χ3n) is 5.54. The molecule has 2 amide bonds. The number of aromatic nitrogens is 4. The molecule has 12 heteroatoms. The molecule has 5 rings (SSSR count). The van der Waals surface area contributed by atoms with Crippen molar-refractivity contribution in [3.8, 4) is 17.1 Å². The van der Waals surface area contributed by atoms with Gasteiger partial charge in [0.25, 0.3) is 0 Å². The lowest BCUT2D eigenvalue weighted by Crippen LogP contribution is -2.41. The topological polar surface area (TPSA) is 109 Å². The molecule has 3 heterocycles. The zero-order valence-electron chi connectivity index (χ0n) is 18.3. The van der Waals surface area contributed by atoms with Crippen molar-refractivity contribution in [1.82, 2.24) is 25.0 Å². The molecule has 35 heavy (non-hydrogen) atoms. The molecular formula is C23H19F3N6O3. The van der Waals surface area contributed by atoms with Crippen LogP contribution >= 0.6 is 0 Å². The van der Waals surface area contributed by atoms with Gasteiger partial charge in [0.1, 0.15) is 11.8 Å². The molecular weight excluding hydrogens is 465 g/mol. The van der Waals surface area contributed by atoms with E-state index in [2.05, 4.69) is 30.2 Å². The fourth-order valence-corrected chi connectivity index (χ4v) is 3.80. The lowest BCUT2D eigenvalue weighted by Gasteiger charge is -2.32. The number of halogens is 3. The van der Waals surface area contributed by atoms with Crippen LogP contribution in [-0.2, 0) is 13.0 Å². The van der Waals surface area contributed by atoms with Crippen LogP contribution in [0.2, 0.25) is 0 Å². The number of nitrogens with zero attached hydrogens (tertiary/aromatic N) is 4. The molecule has 4 aromatic rings. The van der Waals surface area contributed by atoms with Gasteiger partial charge in [-0.05, 0) is 43.3 Å². The highest BCUT2D eigenvalue weighted by molar-refractivity contribution is 5.89. The molecule has 180 valence electrons. The zero-order valence-corrected chi connectivity index (χ0v) is 18.3. The number of rotatable bonds is 4. The molecule has 0 fully saturated rings. The number of aromatic amines is 1. The number of anilines is 1. The number of ether oxygens (including phenoxy) is 1. The van der Waals surface area contributed by atoms with E-state index in [0.29, 0.717) is 17.7 Å². The van der Waals surface area contributed by atoms with E-state index in [1.54, 1.807) is 11.2 Å². The van der Waals surface area contributed by atoms with Gasteiger partial charge in [0.15, 0.2) is 0 Å². The van der Waals surface area contributed by atoms with Crippen molar-refractivity contribution in [3.05, 3.63) is 77.7 Å². The van der Waals surface area contributed by atoms with Gasteiger partial charge in [-0.15, -0.1) is 13.2 Å². The Morgan fingerprint density at radius 1 is 1.17 bits per heavy atom. The smallest absolute Gasteiger partial charge is 0.406 e. The van der Waals surface area contributed by atoms with Crippen molar-refractivity contribution >= 4 is 11.7 Å². The van der Waals surface area contributed by atoms with Gasteiger partial charge in [-0.1, -0.05) is 22.9 Å². The summed E-state index contributed by atoms with van der Waals surface area (Å²) in [7, 11) is 0. The van der Waals surface area contributed by atoms with Gasteiger partial charge < -0.3 is 24.5 Å². The van der Waals surface area contributed by atoms with E-state index in [1.165, 1.54) is 12.1 Å². The van der Waals surface area contributed by atoms with Gasteiger partial charge in [-0.3, -0.25) is 0 Å². The quantitative estimate of drug-likeness (QED) is 0.422. The molecule has 2 aromatic carbocycles. The first kappa shape index (κ1) is 22.4. The summed E-state index contributed by atoms with van der Waals surface area (Å²) >= 11 is 0. The number of H-pyrrole nitrogens is 1. The highest BCUT2D eigenvalue weighted by Crippen LogP contribution is 2.33. The predicted molar refractivity (Wildman–Crippen MR) is 117 cm³/mol. The van der Waals surface area contributed by atoms with E-state index in [1.807, 2.05) is 31.2 Å². The van der Waals surface area contributed by atoms with Gasteiger partial charge in [0.05, 0.1) is 24.3 Å². The number of amides is 2. The Balaban J connectivity index is 1.39. The maximum absolute atomic E-state index is 13.2. The van der Waals surface area contributed by atoms with Crippen molar-refractivity contribution in [2.24, 2.45) is 0 Å². The lowest BCUT2D eigenvalue weighted by atomic mass is 10.0. The number of fused-ring (bicyclic) bond motifs is 1. The summed E-state index contributed by atoms with van der Waals surface area (Å²) in [5, 5.41) is 6.84. The molecule has 2 aromatic heterocycles.